The van der Waals surface area contributed by atoms with Gasteiger partial charge in [0.25, 0.3) is 0 Å². The minimum Gasteiger partial charge on any atom is -0.465 e. The first-order valence-electron chi connectivity index (χ1n) is 4.91. The largest absolute Gasteiger partial charge is 0.465 e. The van der Waals surface area contributed by atoms with Crippen LogP contribution in [0, 0.1) is 5.82 Å². The molecule has 0 heterocycles. The zero-order valence-electron chi connectivity index (χ0n) is 9.21. The monoisotopic (exact) mass is 210 g/mol. The highest BCUT2D eigenvalue weighted by atomic mass is 19.1. The average molecular weight is 210 g/mol. The Morgan fingerprint density at radius 3 is 2.67 bits per heavy atom. The van der Waals surface area contributed by atoms with Crippen LogP contribution in [0.1, 0.15) is 26.3 Å². The van der Waals surface area contributed by atoms with Crippen molar-refractivity contribution in [2.75, 3.05) is 6.61 Å². The molecule has 3 heteroatoms. The average Bonchev–Trinajstić information content (AvgIpc) is 2.18. The van der Waals surface area contributed by atoms with E-state index in [9.17, 15) is 9.18 Å². The molecule has 0 unspecified atom stereocenters. The summed E-state index contributed by atoms with van der Waals surface area (Å²) >= 11 is 0. The quantitative estimate of drug-likeness (QED) is 0.717. The van der Waals surface area contributed by atoms with Crippen molar-refractivity contribution in [1.29, 1.82) is 0 Å². The van der Waals surface area contributed by atoms with Gasteiger partial charge in [-0.15, -0.1) is 0 Å². The van der Waals surface area contributed by atoms with Crippen LogP contribution in [0.4, 0.5) is 4.39 Å². The maximum absolute atomic E-state index is 13.0. The van der Waals surface area contributed by atoms with Crippen molar-refractivity contribution in [1.82, 2.24) is 0 Å². The molecular formula is C12H15FO2. The summed E-state index contributed by atoms with van der Waals surface area (Å²) in [6.45, 7) is 5.52. The summed E-state index contributed by atoms with van der Waals surface area (Å²) in [6, 6.07) is 6.02. The molecule has 1 aromatic rings. The number of esters is 1. The summed E-state index contributed by atoms with van der Waals surface area (Å²) in [5, 5.41) is 0. The van der Waals surface area contributed by atoms with Gasteiger partial charge < -0.3 is 4.74 Å². The normalized spacial score (nSPS) is 11.2. The molecule has 0 saturated heterocycles. The van der Waals surface area contributed by atoms with E-state index in [1.54, 1.807) is 32.9 Å². The highest BCUT2D eigenvalue weighted by Gasteiger charge is 2.31. The number of ether oxygens (including phenoxy) is 1. The molecule has 0 bridgehead atoms. The number of carbonyl (C=O) groups is 1. The number of hydrogen-bond donors (Lipinski definition) is 0. The molecule has 0 N–H and O–H groups in total. The highest BCUT2D eigenvalue weighted by Crippen LogP contribution is 2.25. The van der Waals surface area contributed by atoms with Gasteiger partial charge in [0.1, 0.15) is 5.82 Å². The van der Waals surface area contributed by atoms with Crippen molar-refractivity contribution < 1.29 is 13.9 Å². The third-order valence-corrected chi connectivity index (χ3v) is 2.33. The molecular weight excluding hydrogens is 195 g/mol. The van der Waals surface area contributed by atoms with Crippen LogP contribution in [0.25, 0.3) is 0 Å². The zero-order valence-corrected chi connectivity index (χ0v) is 9.21. The number of halogens is 1. The third-order valence-electron chi connectivity index (χ3n) is 2.33. The van der Waals surface area contributed by atoms with Gasteiger partial charge in [0.2, 0.25) is 0 Å². The first-order valence-corrected chi connectivity index (χ1v) is 4.91. The van der Waals surface area contributed by atoms with Gasteiger partial charge in [-0.3, -0.25) is 4.79 Å². The lowest BCUT2D eigenvalue weighted by Crippen LogP contribution is -2.31. The molecule has 1 aromatic carbocycles. The van der Waals surface area contributed by atoms with E-state index in [0.29, 0.717) is 12.2 Å². The van der Waals surface area contributed by atoms with E-state index < -0.39 is 5.41 Å². The van der Waals surface area contributed by atoms with Crippen LogP contribution in [0.3, 0.4) is 0 Å². The first kappa shape index (κ1) is 11.7. The van der Waals surface area contributed by atoms with Crippen LogP contribution < -0.4 is 0 Å². The highest BCUT2D eigenvalue weighted by molar-refractivity contribution is 5.82. The van der Waals surface area contributed by atoms with E-state index in [0.717, 1.165) is 0 Å². The summed E-state index contributed by atoms with van der Waals surface area (Å²) in [6.07, 6.45) is 0. The van der Waals surface area contributed by atoms with E-state index in [1.807, 2.05) is 0 Å². The van der Waals surface area contributed by atoms with Gasteiger partial charge in [0.05, 0.1) is 12.0 Å². The van der Waals surface area contributed by atoms with Crippen molar-refractivity contribution in [3.05, 3.63) is 35.6 Å². The fraction of sp³-hybridized carbons (Fsp3) is 0.417. The van der Waals surface area contributed by atoms with Crippen molar-refractivity contribution in [2.24, 2.45) is 0 Å². The maximum Gasteiger partial charge on any atom is 0.315 e. The molecule has 1 rings (SSSR count). The molecule has 0 atom stereocenters. The Hall–Kier alpha value is -1.38. The Balaban J connectivity index is 2.99. The summed E-state index contributed by atoms with van der Waals surface area (Å²) < 4.78 is 17.9. The van der Waals surface area contributed by atoms with Gasteiger partial charge >= 0.3 is 5.97 Å². The number of carbonyl (C=O) groups excluding carboxylic acids is 1. The zero-order chi connectivity index (χ0) is 11.5. The fourth-order valence-electron chi connectivity index (χ4n) is 1.31. The molecule has 15 heavy (non-hydrogen) atoms. The Bertz CT molecular complexity index is 358. The topological polar surface area (TPSA) is 26.3 Å². The summed E-state index contributed by atoms with van der Waals surface area (Å²) in [5.41, 5.74) is -0.182. The minimum absolute atomic E-state index is 0.331. The second-order valence-corrected chi connectivity index (χ2v) is 3.86. The first-order chi connectivity index (χ1) is 6.98. The molecule has 0 aromatic heterocycles. The van der Waals surface area contributed by atoms with E-state index in [4.69, 9.17) is 4.74 Å². The maximum atomic E-state index is 13.0. The second kappa shape index (κ2) is 4.43. The van der Waals surface area contributed by atoms with Gasteiger partial charge in [-0.1, -0.05) is 12.1 Å². The Morgan fingerprint density at radius 2 is 2.13 bits per heavy atom. The summed E-state index contributed by atoms with van der Waals surface area (Å²) in [7, 11) is 0. The van der Waals surface area contributed by atoms with Crippen molar-refractivity contribution in [2.45, 2.75) is 26.2 Å². The number of benzene rings is 1. The third kappa shape index (κ3) is 2.55. The van der Waals surface area contributed by atoms with Crippen LogP contribution in [0.2, 0.25) is 0 Å². The number of rotatable bonds is 3. The van der Waals surface area contributed by atoms with Crippen molar-refractivity contribution in [3.8, 4) is 0 Å². The van der Waals surface area contributed by atoms with Gasteiger partial charge in [0, 0.05) is 0 Å². The van der Waals surface area contributed by atoms with Crippen molar-refractivity contribution >= 4 is 5.97 Å². The van der Waals surface area contributed by atoms with Crippen LogP contribution in [0.5, 0.6) is 0 Å². The molecule has 2 nitrogen and oxygen atoms in total. The van der Waals surface area contributed by atoms with Gasteiger partial charge in [-0.05, 0) is 38.5 Å². The Kier molecular flexibility index (Phi) is 3.45. The lowest BCUT2D eigenvalue weighted by atomic mass is 9.85. The molecule has 0 radical (unpaired) electrons. The standard InChI is InChI=1S/C12H15FO2/c1-4-15-11(14)12(2,3)9-6-5-7-10(13)8-9/h5-8H,4H2,1-3H3. The smallest absolute Gasteiger partial charge is 0.315 e. The SMILES string of the molecule is CCOC(=O)C(C)(C)c1cccc(F)c1. The van der Waals surface area contributed by atoms with Crippen LogP contribution >= 0.6 is 0 Å². The van der Waals surface area contributed by atoms with Gasteiger partial charge in [-0.25, -0.2) is 4.39 Å². The summed E-state index contributed by atoms with van der Waals surface area (Å²) in [5.74, 6) is -0.680. The molecule has 82 valence electrons. The van der Waals surface area contributed by atoms with Crippen LogP contribution in [0.15, 0.2) is 24.3 Å². The molecule has 0 spiro atoms. The van der Waals surface area contributed by atoms with E-state index in [1.165, 1.54) is 12.1 Å². The number of hydrogen-bond acceptors (Lipinski definition) is 2. The Labute approximate surface area is 89.1 Å². The predicted molar refractivity (Wildman–Crippen MR) is 56.1 cm³/mol. The molecule has 0 fully saturated rings. The van der Waals surface area contributed by atoms with E-state index in [2.05, 4.69) is 0 Å². The van der Waals surface area contributed by atoms with Gasteiger partial charge in [-0.2, -0.15) is 0 Å². The van der Waals surface area contributed by atoms with E-state index >= 15 is 0 Å². The molecule has 0 amide bonds. The fourth-order valence-corrected chi connectivity index (χ4v) is 1.31. The van der Waals surface area contributed by atoms with E-state index in [-0.39, 0.29) is 11.8 Å². The van der Waals surface area contributed by atoms with Crippen LogP contribution in [-0.2, 0) is 14.9 Å². The van der Waals surface area contributed by atoms with Crippen LogP contribution in [-0.4, -0.2) is 12.6 Å². The lowest BCUT2D eigenvalue weighted by molar-refractivity contribution is -0.148. The second-order valence-electron chi connectivity index (χ2n) is 3.86. The van der Waals surface area contributed by atoms with Crippen molar-refractivity contribution in [3.63, 3.8) is 0 Å². The molecule has 0 aliphatic rings. The predicted octanol–water partition coefficient (Wildman–Crippen LogP) is 2.67. The Morgan fingerprint density at radius 1 is 1.47 bits per heavy atom. The molecule has 0 saturated carbocycles. The molecule has 0 aliphatic heterocycles. The van der Waals surface area contributed by atoms with Gasteiger partial charge in [0.15, 0.2) is 0 Å². The minimum atomic E-state index is -0.807. The summed E-state index contributed by atoms with van der Waals surface area (Å²) in [4.78, 5) is 11.6. The molecule has 0 aliphatic carbocycles. The lowest BCUT2D eigenvalue weighted by Gasteiger charge is -2.22.